The zero-order valence-corrected chi connectivity index (χ0v) is 33.4. The van der Waals surface area contributed by atoms with Gasteiger partial charge in [-0.15, -0.1) is 0 Å². The molecule has 58 heavy (non-hydrogen) atoms. The Kier molecular flexibility index (Phi) is 14.7. The molecule has 17 heteroatoms. The summed E-state index contributed by atoms with van der Waals surface area (Å²) in [5.41, 5.74) is 0.269. The Labute approximate surface area is 337 Å². The molecule has 4 amide bonds. The van der Waals surface area contributed by atoms with Crippen LogP contribution in [0.3, 0.4) is 0 Å². The summed E-state index contributed by atoms with van der Waals surface area (Å²) in [6, 6.07) is 4.51. The van der Waals surface area contributed by atoms with Crippen LogP contribution in [0.5, 0.6) is 0 Å². The van der Waals surface area contributed by atoms with Crippen LogP contribution in [0.2, 0.25) is 0 Å². The molecule has 0 unspecified atom stereocenters. The lowest BCUT2D eigenvalue weighted by molar-refractivity contribution is -0.143. The first-order chi connectivity index (χ1) is 27.9. The first-order valence-corrected chi connectivity index (χ1v) is 20.4. The number of carbonyl (C=O) groups excluding carboxylic acids is 4. The highest BCUT2D eigenvalue weighted by atomic mass is 19.4. The second-order valence-electron chi connectivity index (χ2n) is 15.9. The van der Waals surface area contributed by atoms with Gasteiger partial charge in [-0.1, -0.05) is 6.07 Å². The Balaban J connectivity index is 0.942. The van der Waals surface area contributed by atoms with E-state index in [1.165, 1.54) is 0 Å². The van der Waals surface area contributed by atoms with Crippen LogP contribution in [0.15, 0.2) is 36.8 Å². The molecule has 0 bridgehead atoms. The second kappa shape index (κ2) is 19.7. The average Bonchev–Trinajstić information content (AvgIpc) is 3.78. The van der Waals surface area contributed by atoms with Gasteiger partial charge >= 0.3 is 6.18 Å². The topological polar surface area (TPSA) is 164 Å². The molecule has 0 aromatic carbocycles. The van der Waals surface area contributed by atoms with E-state index in [1.807, 2.05) is 6.07 Å². The number of hydrogen-bond acceptors (Lipinski definition) is 10. The first-order valence-electron chi connectivity index (χ1n) is 20.4. The van der Waals surface area contributed by atoms with Gasteiger partial charge in [-0.25, -0.2) is 0 Å². The molecule has 1 aliphatic carbocycles. The number of nitrogens with one attached hydrogen (secondary N) is 3. The summed E-state index contributed by atoms with van der Waals surface area (Å²) in [6.45, 7) is 2.81. The number of alkyl halides is 3. The van der Waals surface area contributed by atoms with Gasteiger partial charge in [-0.3, -0.25) is 29.1 Å². The van der Waals surface area contributed by atoms with Gasteiger partial charge in [-0.05, 0) is 68.2 Å². The molecular weight excluding hydrogens is 759 g/mol. The lowest BCUT2D eigenvalue weighted by atomic mass is 9.79. The predicted octanol–water partition coefficient (Wildman–Crippen LogP) is 3.34. The van der Waals surface area contributed by atoms with E-state index < -0.39 is 23.1 Å². The van der Waals surface area contributed by atoms with Gasteiger partial charge in [0.25, 0.3) is 0 Å². The van der Waals surface area contributed by atoms with Crippen LogP contribution in [0.4, 0.5) is 13.2 Å². The summed E-state index contributed by atoms with van der Waals surface area (Å²) in [5, 5.41) is 9.55. The fourth-order valence-electron chi connectivity index (χ4n) is 8.99. The molecule has 2 saturated heterocycles. The monoisotopic (exact) mass is 815 g/mol. The number of rotatable bonds is 17. The van der Waals surface area contributed by atoms with Crippen LogP contribution >= 0.6 is 0 Å². The van der Waals surface area contributed by atoms with Crippen molar-refractivity contribution in [1.82, 2.24) is 35.7 Å². The van der Waals surface area contributed by atoms with Crippen LogP contribution in [-0.4, -0.2) is 122 Å². The number of ether oxygens (including phenoxy) is 3. The van der Waals surface area contributed by atoms with E-state index in [2.05, 4.69) is 25.9 Å². The molecule has 6 atom stereocenters. The van der Waals surface area contributed by atoms with Crippen molar-refractivity contribution < 1.29 is 46.6 Å². The maximum Gasteiger partial charge on any atom is 0.417 e. The molecule has 6 rings (SSSR count). The fourth-order valence-corrected chi connectivity index (χ4v) is 8.99. The lowest BCUT2D eigenvalue weighted by Crippen LogP contribution is -2.51. The summed E-state index contributed by atoms with van der Waals surface area (Å²) < 4.78 is 57.4. The zero-order chi connectivity index (χ0) is 41.3. The lowest BCUT2D eigenvalue weighted by Gasteiger charge is -2.38. The molecule has 4 aliphatic rings. The van der Waals surface area contributed by atoms with Gasteiger partial charge in [0.15, 0.2) is 0 Å². The predicted molar refractivity (Wildman–Crippen MR) is 205 cm³/mol. The Hall–Kier alpha value is -4.19. The number of amides is 4. The number of pyridine rings is 2. The standard InChI is InChI=1S/C41H56F3N7O7/c1-50-36(53)21-31(37(50)27-6-3-13-45-23-27)38(54)47-15-19-57-17-4-7-35(52)46-14-5-11-40(12-8-30(22-40)49-33-10-18-58-26-34(33)56-2)39(55)51-16-9-32-28(25-51)20-29(24-48-32)41(42,43)44/h3,6,13,20,23-24,30-31,33-34,37,49H,4-5,7-12,14-19,21-22,25-26H2,1-2H3,(H,46,52)(H,47,54)/t30-,31+,33+,34-,37-,40+/m1/s1. The number of nitrogens with zero attached hydrogens (tertiary/aromatic N) is 4. The van der Waals surface area contributed by atoms with Gasteiger partial charge in [0.05, 0.1) is 42.3 Å². The highest BCUT2D eigenvalue weighted by Gasteiger charge is 2.48. The van der Waals surface area contributed by atoms with E-state index in [4.69, 9.17) is 14.2 Å². The van der Waals surface area contributed by atoms with Gasteiger partial charge in [0.2, 0.25) is 23.6 Å². The maximum atomic E-state index is 14.4. The van der Waals surface area contributed by atoms with Crippen LogP contribution in [0.25, 0.3) is 0 Å². The van der Waals surface area contributed by atoms with Gasteiger partial charge < -0.3 is 40.0 Å². The maximum absolute atomic E-state index is 14.4. The van der Waals surface area contributed by atoms with E-state index >= 15 is 0 Å². The molecule has 2 aromatic rings. The molecular formula is C41H56F3N7O7. The number of likely N-dealkylation sites (tertiary alicyclic amines) is 1. The van der Waals surface area contributed by atoms with Crippen LogP contribution in [0.1, 0.15) is 86.2 Å². The SMILES string of the molecule is CO[C@@H]1COCC[C@@H]1N[C@@H]1CC[C@](CCCNC(=O)CCCOCCNC(=O)[C@H]2CC(=O)N(C)[C@@H]2c2cccnc2)(C(=O)N2CCc3ncc(C(F)(F)F)cc3C2)C1. The van der Waals surface area contributed by atoms with Crippen LogP contribution in [-0.2, 0) is 52.5 Å². The van der Waals surface area contributed by atoms with Crippen molar-refractivity contribution in [2.45, 2.75) is 101 Å². The summed E-state index contributed by atoms with van der Waals surface area (Å²) >= 11 is 0. The van der Waals surface area contributed by atoms with Crippen LogP contribution in [0, 0.1) is 11.3 Å². The summed E-state index contributed by atoms with van der Waals surface area (Å²) in [6.07, 6.45) is 4.64. The average molecular weight is 816 g/mol. The Morgan fingerprint density at radius 3 is 2.72 bits per heavy atom. The van der Waals surface area contributed by atoms with E-state index in [9.17, 15) is 32.3 Å². The van der Waals surface area contributed by atoms with E-state index in [0.717, 1.165) is 30.7 Å². The molecule has 1 saturated carbocycles. The third-order valence-electron chi connectivity index (χ3n) is 12.1. The molecule has 0 spiro atoms. The number of fused-ring (bicyclic) bond motifs is 1. The minimum absolute atomic E-state index is 0.0561. The molecule has 3 aliphatic heterocycles. The Morgan fingerprint density at radius 1 is 1.10 bits per heavy atom. The molecule has 2 aromatic heterocycles. The first kappa shape index (κ1) is 43.4. The number of carbonyl (C=O) groups is 4. The largest absolute Gasteiger partial charge is 0.417 e. The third kappa shape index (κ3) is 10.7. The third-order valence-corrected chi connectivity index (χ3v) is 12.1. The Bertz CT molecular complexity index is 1740. The van der Waals surface area contributed by atoms with E-state index in [-0.39, 0.29) is 80.4 Å². The van der Waals surface area contributed by atoms with Crippen molar-refractivity contribution in [2.75, 3.05) is 60.2 Å². The van der Waals surface area contributed by atoms with Crippen molar-refractivity contribution in [3.8, 4) is 0 Å². The van der Waals surface area contributed by atoms with E-state index in [1.54, 1.807) is 42.4 Å². The molecule has 318 valence electrons. The van der Waals surface area contributed by atoms with Crippen molar-refractivity contribution in [1.29, 1.82) is 0 Å². The molecule has 14 nitrogen and oxygen atoms in total. The highest BCUT2D eigenvalue weighted by molar-refractivity contribution is 5.90. The normalized spacial score (nSPS) is 26.1. The van der Waals surface area contributed by atoms with Gasteiger partial charge in [0.1, 0.15) is 0 Å². The Morgan fingerprint density at radius 2 is 1.95 bits per heavy atom. The van der Waals surface area contributed by atoms with Gasteiger partial charge in [-0.2, -0.15) is 13.2 Å². The van der Waals surface area contributed by atoms with Gasteiger partial charge in [0, 0.05) is 109 Å². The highest BCUT2D eigenvalue weighted by Crippen LogP contribution is 2.45. The van der Waals surface area contributed by atoms with Crippen LogP contribution < -0.4 is 16.0 Å². The van der Waals surface area contributed by atoms with Crippen molar-refractivity contribution in [3.63, 3.8) is 0 Å². The molecule has 3 fully saturated rings. The summed E-state index contributed by atoms with van der Waals surface area (Å²) in [4.78, 5) is 64.0. The second-order valence-corrected chi connectivity index (χ2v) is 15.9. The number of aromatic nitrogens is 2. The van der Waals surface area contributed by atoms with Crippen molar-refractivity contribution in [3.05, 3.63) is 59.2 Å². The van der Waals surface area contributed by atoms with E-state index in [0.29, 0.717) is 82.7 Å². The molecule has 5 heterocycles. The van der Waals surface area contributed by atoms with Crippen molar-refractivity contribution in [2.24, 2.45) is 11.3 Å². The molecule has 0 radical (unpaired) electrons. The molecule has 3 N–H and O–H groups in total. The quantitative estimate of drug-likeness (QED) is 0.202. The number of hydrogen-bond donors (Lipinski definition) is 3. The number of methoxy groups -OCH3 is 1. The summed E-state index contributed by atoms with van der Waals surface area (Å²) in [5.74, 6) is -1.04. The minimum atomic E-state index is -4.52. The fraction of sp³-hybridized carbons (Fsp3) is 0.659. The summed E-state index contributed by atoms with van der Waals surface area (Å²) in [7, 11) is 3.35. The number of halogens is 3. The van der Waals surface area contributed by atoms with Crippen molar-refractivity contribution >= 4 is 23.6 Å². The zero-order valence-electron chi connectivity index (χ0n) is 33.4. The smallest absolute Gasteiger partial charge is 0.380 e. The minimum Gasteiger partial charge on any atom is -0.380 e.